The lowest BCUT2D eigenvalue weighted by Gasteiger charge is -2.59. The summed E-state index contributed by atoms with van der Waals surface area (Å²) in [6, 6.07) is 0. The molecule has 0 aromatic carbocycles. The van der Waals surface area contributed by atoms with Crippen LogP contribution in [0.3, 0.4) is 0 Å². The Labute approximate surface area is 137 Å². The zero-order valence-corrected chi connectivity index (χ0v) is 14.4. The monoisotopic (exact) mass is 326 g/mol. The van der Waals surface area contributed by atoms with Crippen molar-refractivity contribution in [1.82, 2.24) is 0 Å². The van der Waals surface area contributed by atoms with Crippen LogP contribution in [0, 0.1) is 34.5 Å². The van der Waals surface area contributed by atoms with Crippen molar-refractivity contribution in [1.29, 1.82) is 0 Å². The fourth-order valence-corrected chi connectivity index (χ4v) is 7.02. The lowest BCUT2D eigenvalue weighted by atomic mass is 9.46. The number of rotatable bonds is 0. The maximum Gasteiger partial charge on any atom is 0.395 e. The van der Waals surface area contributed by atoms with Gasteiger partial charge < -0.3 is 0 Å². The van der Waals surface area contributed by atoms with Crippen LogP contribution < -0.4 is 0 Å². The molecule has 0 amide bonds. The first-order valence-corrected chi connectivity index (χ1v) is 9.54. The molecule has 23 heavy (non-hydrogen) atoms. The van der Waals surface area contributed by atoms with Crippen molar-refractivity contribution in [3.05, 3.63) is 11.6 Å². The number of alkyl halides is 3. The Morgan fingerprint density at radius 2 is 1.74 bits per heavy atom. The largest absolute Gasteiger partial charge is 0.395 e. The highest BCUT2D eigenvalue weighted by molar-refractivity contribution is 5.26. The van der Waals surface area contributed by atoms with Gasteiger partial charge in [-0.2, -0.15) is 13.2 Å². The molecular formula is C20H29F3. The summed E-state index contributed by atoms with van der Waals surface area (Å²) in [6.07, 6.45) is 7.33. The van der Waals surface area contributed by atoms with Crippen LogP contribution in [0.1, 0.15) is 71.6 Å². The van der Waals surface area contributed by atoms with Crippen molar-refractivity contribution in [3.8, 4) is 0 Å². The van der Waals surface area contributed by atoms with Crippen molar-refractivity contribution in [2.75, 3.05) is 0 Å². The lowest BCUT2D eigenvalue weighted by molar-refractivity contribution is -0.206. The lowest BCUT2D eigenvalue weighted by Crippen LogP contribution is -2.54. The zero-order chi connectivity index (χ0) is 16.5. The summed E-state index contributed by atoms with van der Waals surface area (Å²) >= 11 is 0. The Hall–Kier alpha value is -0.470. The fraction of sp³-hybridized carbons (Fsp3) is 0.900. The molecule has 0 aromatic heterocycles. The van der Waals surface area contributed by atoms with Gasteiger partial charge in [-0.25, -0.2) is 0 Å². The fourth-order valence-electron chi connectivity index (χ4n) is 7.02. The molecule has 3 saturated carbocycles. The van der Waals surface area contributed by atoms with Crippen molar-refractivity contribution in [2.24, 2.45) is 34.5 Å². The Balaban J connectivity index is 1.81. The molecule has 0 aliphatic heterocycles. The third kappa shape index (κ3) is 2.24. The predicted molar refractivity (Wildman–Crippen MR) is 85.9 cm³/mol. The summed E-state index contributed by atoms with van der Waals surface area (Å²) in [5, 5.41) is 0. The summed E-state index contributed by atoms with van der Waals surface area (Å²) in [5.41, 5.74) is 1.37. The Kier molecular flexibility index (Phi) is 3.50. The second kappa shape index (κ2) is 5.02. The molecule has 0 N–H and O–H groups in total. The molecule has 6 atom stereocenters. The summed E-state index contributed by atoms with van der Waals surface area (Å²) < 4.78 is 41.8. The molecule has 130 valence electrons. The summed E-state index contributed by atoms with van der Waals surface area (Å²) in [7, 11) is 0. The van der Waals surface area contributed by atoms with Gasteiger partial charge in [-0.3, -0.25) is 0 Å². The van der Waals surface area contributed by atoms with E-state index in [2.05, 4.69) is 13.8 Å². The van der Waals surface area contributed by atoms with E-state index in [4.69, 9.17) is 0 Å². The van der Waals surface area contributed by atoms with Gasteiger partial charge in [0.1, 0.15) is 0 Å². The van der Waals surface area contributed by atoms with Crippen molar-refractivity contribution < 1.29 is 13.2 Å². The molecule has 0 saturated heterocycles. The maximum absolute atomic E-state index is 13.9. The third-order valence-electron chi connectivity index (χ3n) is 8.23. The number of hydrogen-bond acceptors (Lipinski definition) is 0. The molecule has 0 radical (unpaired) electrons. The maximum atomic E-state index is 13.9. The molecule has 4 aliphatic rings. The van der Waals surface area contributed by atoms with E-state index < -0.39 is 12.1 Å². The minimum Gasteiger partial charge on any atom is -0.170 e. The number of hydrogen-bond donors (Lipinski definition) is 0. The summed E-state index contributed by atoms with van der Waals surface area (Å²) in [5.74, 6) is -0.811. The summed E-state index contributed by atoms with van der Waals surface area (Å²) in [6.45, 7) is 4.57. The first kappa shape index (κ1) is 16.0. The number of allylic oxidation sites excluding steroid dienone is 2. The van der Waals surface area contributed by atoms with Gasteiger partial charge in [0.05, 0.1) is 5.92 Å². The Morgan fingerprint density at radius 1 is 0.957 bits per heavy atom. The van der Waals surface area contributed by atoms with E-state index in [1.54, 1.807) is 6.08 Å². The minimum atomic E-state index is -4.07. The van der Waals surface area contributed by atoms with Gasteiger partial charge in [-0.05, 0) is 73.5 Å². The first-order chi connectivity index (χ1) is 10.8. The van der Waals surface area contributed by atoms with E-state index in [1.807, 2.05) is 0 Å². The molecule has 0 heterocycles. The average Bonchev–Trinajstić information content (AvgIpc) is 2.86. The molecule has 4 rings (SSSR count). The SMILES string of the molecule is C[C@@]12CCC[C@H]1[C@@H]1[C@H](C(F)(F)F)C=C3CCCC[C@]3(C)[C@H]1CC2. The van der Waals surface area contributed by atoms with Crippen molar-refractivity contribution >= 4 is 0 Å². The molecule has 0 aromatic rings. The second-order valence-corrected chi connectivity index (χ2v) is 9.26. The molecule has 3 fully saturated rings. The first-order valence-electron chi connectivity index (χ1n) is 9.54. The predicted octanol–water partition coefficient (Wildman–Crippen LogP) is 6.52. The molecule has 0 spiro atoms. The van der Waals surface area contributed by atoms with Crippen LogP contribution in [0.15, 0.2) is 11.6 Å². The van der Waals surface area contributed by atoms with Crippen molar-refractivity contribution in [3.63, 3.8) is 0 Å². The molecule has 4 aliphatic carbocycles. The number of halogens is 3. The van der Waals surface area contributed by atoms with Crippen molar-refractivity contribution in [2.45, 2.75) is 77.8 Å². The highest BCUT2D eigenvalue weighted by atomic mass is 19.4. The smallest absolute Gasteiger partial charge is 0.170 e. The van der Waals surface area contributed by atoms with Crippen LogP contribution in [-0.4, -0.2) is 6.18 Å². The molecule has 0 bridgehead atoms. The normalized spacial score (nSPS) is 49.9. The molecule has 3 heteroatoms. The Bertz CT molecular complexity index is 519. The van der Waals surface area contributed by atoms with Crippen LogP contribution in [0.5, 0.6) is 0 Å². The minimum absolute atomic E-state index is 0.0502. The average molecular weight is 326 g/mol. The second-order valence-electron chi connectivity index (χ2n) is 9.26. The molecule has 0 unspecified atom stereocenters. The topological polar surface area (TPSA) is 0 Å². The quantitative estimate of drug-likeness (QED) is 0.445. The highest BCUT2D eigenvalue weighted by Crippen LogP contribution is 2.67. The van der Waals surface area contributed by atoms with Gasteiger partial charge in [0, 0.05) is 0 Å². The van der Waals surface area contributed by atoms with Gasteiger partial charge in [-0.1, -0.05) is 38.3 Å². The molecule has 0 nitrogen and oxygen atoms in total. The van der Waals surface area contributed by atoms with E-state index in [1.165, 1.54) is 6.42 Å². The van der Waals surface area contributed by atoms with Gasteiger partial charge in [0.15, 0.2) is 0 Å². The van der Waals surface area contributed by atoms with Crippen LogP contribution in [0.25, 0.3) is 0 Å². The van der Waals surface area contributed by atoms with Gasteiger partial charge in [0.2, 0.25) is 0 Å². The summed E-state index contributed by atoms with van der Waals surface area (Å²) in [4.78, 5) is 0. The van der Waals surface area contributed by atoms with Gasteiger partial charge in [-0.15, -0.1) is 0 Å². The van der Waals surface area contributed by atoms with Crippen LogP contribution in [0.2, 0.25) is 0 Å². The van der Waals surface area contributed by atoms with Crippen LogP contribution >= 0.6 is 0 Å². The number of fused-ring (bicyclic) bond motifs is 5. The molecular weight excluding hydrogens is 297 g/mol. The Morgan fingerprint density at radius 3 is 2.48 bits per heavy atom. The zero-order valence-electron chi connectivity index (χ0n) is 14.4. The van der Waals surface area contributed by atoms with E-state index in [9.17, 15) is 13.2 Å². The highest BCUT2D eigenvalue weighted by Gasteiger charge is 2.62. The van der Waals surface area contributed by atoms with Gasteiger partial charge in [0.25, 0.3) is 0 Å². The standard InChI is InChI=1S/C20H29F3/c1-18-9-5-7-14(18)17-15(8-11-18)19(2)10-4-3-6-13(19)12-16(17)20(21,22)23/h12,14-17H,3-11H2,1-2H3/t14-,15-,16+,17-,18-,19-/m0/s1. The van der Waals surface area contributed by atoms with Crippen LogP contribution in [0.4, 0.5) is 13.2 Å². The van der Waals surface area contributed by atoms with Crippen LogP contribution in [-0.2, 0) is 0 Å². The van der Waals surface area contributed by atoms with E-state index in [0.717, 1.165) is 56.9 Å². The van der Waals surface area contributed by atoms with E-state index in [0.29, 0.717) is 0 Å². The van der Waals surface area contributed by atoms with E-state index in [-0.39, 0.29) is 28.6 Å². The van der Waals surface area contributed by atoms with Gasteiger partial charge >= 0.3 is 6.18 Å². The van der Waals surface area contributed by atoms with E-state index >= 15 is 0 Å². The third-order valence-corrected chi connectivity index (χ3v) is 8.23.